The molecule has 13 heteroatoms. The summed E-state index contributed by atoms with van der Waals surface area (Å²) in [5, 5.41) is 32.2. The van der Waals surface area contributed by atoms with E-state index in [1.807, 2.05) is 19.1 Å². The van der Waals surface area contributed by atoms with Crippen molar-refractivity contribution < 1.29 is 29.5 Å². The number of carbonyl (C=O) groups is 2. The normalized spacial score (nSPS) is 28.2. The van der Waals surface area contributed by atoms with Gasteiger partial charge in [-0.2, -0.15) is 0 Å². The van der Waals surface area contributed by atoms with E-state index >= 15 is 0 Å². The zero-order chi connectivity index (χ0) is 30.0. The van der Waals surface area contributed by atoms with Crippen molar-refractivity contribution in [3.05, 3.63) is 64.7 Å². The lowest BCUT2D eigenvalue weighted by Crippen LogP contribution is -2.90. The maximum absolute atomic E-state index is 13.6. The summed E-state index contributed by atoms with van der Waals surface area (Å²) >= 11 is 0. The number of hydrogen-bond acceptors (Lipinski definition) is 10. The zero-order valence-electron chi connectivity index (χ0n) is 23.8. The molecule has 222 valence electrons. The number of guanidine groups is 2. The van der Waals surface area contributed by atoms with Crippen LogP contribution in [0.5, 0.6) is 5.75 Å². The molecule has 2 unspecified atom stereocenters. The summed E-state index contributed by atoms with van der Waals surface area (Å²) in [6, 6.07) is 9.79. The number of fused-ring (bicyclic) bond motifs is 1. The Labute approximate surface area is 243 Å². The molecule has 4 aliphatic heterocycles. The summed E-state index contributed by atoms with van der Waals surface area (Å²) in [6.07, 6.45) is 0.810. The molecule has 1 spiro atoms. The van der Waals surface area contributed by atoms with Gasteiger partial charge in [-0.25, -0.2) is 10.3 Å². The molecule has 0 bridgehead atoms. The highest BCUT2D eigenvalue weighted by atomic mass is 16.5. The van der Waals surface area contributed by atoms with Gasteiger partial charge in [0.1, 0.15) is 17.8 Å². The Morgan fingerprint density at radius 1 is 1.19 bits per heavy atom. The predicted octanol–water partition coefficient (Wildman–Crippen LogP) is -2.66. The van der Waals surface area contributed by atoms with E-state index in [2.05, 4.69) is 39.8 Å². The van der Waals surface area contributed by atoms with E-state index in [9.17, 15) is 19.8 Å². The molecule has 1 saturated heterocycles. The van der Waals surface area contributed by atoms with Gasteiger partial charge in [0.25, 0.3) is 17.5 Å². The van der Waals surface area contributed by atoms with Crippen molar-refractivity contribution in [2.24, 2.45) is 16.5 Å². The fourth-order valence-electron chi connectivity index (χ4n) is 6.61. The summed E-state index contributed by atoms with van der Waals surface area (Å²) in [4.78, 5) is 35.6. The zero-order valence-corrected chi connectivity index (χ0v) is 23.8. The minimum Gasteiger partial charge on any atom is -0.492 e. The molecule has 10 N–H and O–H groups in total. The number of nitrogens with two attached hydrogens (primary N) is 2. The van der Waals surface area contributed by atoms with Crippen LogP contribution in [-0.4, -0.2) is 88.1 Å². The highest BCUT2D eigenvalue weighted by molar-refractivity contribution is 5.98. The number of nitrogens with one attached hydrogen (secondary N) is 4. The molecule has 4 aliphatic rings. The third-order valence-electron chi connectivity index (χ3n) is 8.90. The van der Waals surface area contributed by atoms with Crippen molar-refractivity contribution in [1.82, 2.24) is 20.9 Å². The van der Waals surface area contributed by atoms with E-state index in [0.717, 1.165) is 17.5 Å². The van der Waals surface area contributed by atoms with Crippen molar-refractivity contribution in [3.63, 3.8) is 0 Å². The van der Waals surface area contributed by atoms with Gasteiger partial charge in [-0.1, -0.05) is 43.7 Å². The average molecular weight is 578 g/mol. The van der Waals surface area contributed by atoms with Crippen molar-refractivity contribution in [2.75, 3.05) is 19.7 Å². The van der Waals surface area contributed by atoms with Crippen LogP contribution < -0.4 is 37.1 Å². The molecule has 4 atom stereocenters. The number of aliphatic imine (C=N–C) groups is 1. The molecule has 4 heterocycles. The first-order valence-corrected chi connectivity index (χ1v) is 14.0. The second-order valence-electron chi connectivity index (χ2n) is 12.1. The second kappa shape index (κ2) is 9.60. The van der Waals surface area contributed by atoms with Crippen LogP contribution in [0.4, 0.5) is 0 Å². The lowest BCUT2D eigenvalue weighted by Gasteiger charge is -2.46. The van der Waals surface area contributed by atoms with Crippen molar-refractivity contribution in [2.45, 2.75) is 62.2 Å². The summed E-state index contributed by atoms with van der Waals surface area (Å²) in [5.41, 5.74) is 13.3. The number of carbonyl (C=O) groups excluding carboxylic acids is 2. The lowest BCUT2D eigenvalue weighted by atomic mass is 9.79. The number of ether oxygens (including phenoxy) is 1. The highest BCUT2D eigenvalue weighted by Crippen LogP contribution is 2.43. The number of aryl methyl sites for hydroxylation is 1. The fourth-order valence-corrected chi connectivity index (χ4v) is 6.61. The molecule has 0 radical (unpaired) electrons. The van der Waals surface area contributed by atoms with Crippen LogP contribution in [-0.2, 0) is 5.41 Å². The fraction of sp³-hybridized carbons (Fsp3) is 0.448. The van der Waals surface area contributed by atoms with Gasteiger partial charge in [0, 0.05) is 17.7 Å². The number of para-hydroxylation sites is 1. The van der Waals surface area contributed by atoms with Crippen LogP contribution in [0, 0.1) is 6.92 Å². The third-order valence-corrected chi connectivity index (χ3v) is 8.90. The molecule has 2 aromatic carbocycles. The average Bonchev–Trinajstić information content (AvgIpc) is 3.40. The second-order valence-corrected chi connectivity index (χ2v) is 12.1. The molecule has 13 nitrogen and oxygen atoms in total. The lowest BCUT2D eigenvalue weighted by molar-refractivity contribution is -0.521. The first kappa shape index (κ1) is 27.8. The van der Waals surface area contributed by atoms with E-state index in [0.29, 0.717) is 23.5 Å². The van der Waals surface area contributed by atoms with Gasteiger partial charge in [0.15, 0.2) is 12.0 Å². The molecule has 2 amide bonds. The van der Waals surface area contributed by atoms with Gasteiger partial charge >= 0.3 is 5.96 Å². The van der Waals surface area contributed by atoms with E-state index < -0.39 is 35.5 Å². The van der Waals surface area contributed by atoms with E-state index in [-0.39, 0.29) is 36.3 Å². The third kappa shape index (κ3) is 4.14. The number of benzene rings is 2. The van der Waals surface area contributed by atoms with Gasteiger partial charge < -0.3 is 31.3 Å². The Bertz CT molecular complexity index is 1520. The van der Waals surface area contributed by atoms with Crippen molar-refractivity contribution in [3.8, 4) is 5.75 Å². The molecule has 6 rings (SSSR count). The Morgan fingerprint density at radius 2 is 1.95 bits per heavy atom. The molecule has 1 fully saturated rings. The smallest absolute Gasteiger partial charge is 0.343 e. The van der Waals surface area contributed by atoms with Crippen molar-refractivity contribution >= 4 is 23.7 Å². The van der Waals surface area contributed by atoms with Crippen LogP contribution in [0.1, 0.15) is 52.1 Å². The number of nitrogens with zero attached hydrogens (tertiary/aromatic N) is 2. The number of amides is 2. The van der Waals surface area contributed by atoms with E-state index in [1.165, 1.54) is 4.90 Å². The molecule has 0 aliphatic carbocycles. The quantitative estimate of drug-likeness (QED) is 0.175. The number of rotatable bonds is 5. The SMILES string of the molecule is Cc1cccc(C(=O)NC[C@@H]2N=C(N)N3CC(NC(=O)c4cccc5c4OCCC5(C)C)C(O)(O)C34NC(N)=[NH+][C@@H]24)c1. The van der Waals surface area contributed by atoms with Crippen LogP contribution >= 0.6 is 0 Å². The van der Waals surface area contributed by atoms with Crippen LogP contribution in [0.15, 0.2) is 47.5 Å². The number of aliphatic hydroxyl groups is 2. The summed E-state index contributed by atoms with van der Waals surface area (Å²) in [6.45, 7) is 6.51. The van der Waals surface area contributed by atoms with Crippen LogP contribution in [0.2, 0.25) is 0 Å². The predicted molar refractivity (Wildman–Crippen MR) is 153 cm³/mol. The minimum atomic E-state index is -2.57. The first-order chi connectivity index (χ1) is 19.8. The van der Waals surface area contributed by atoms with Gasteiger partial charge in [0.05, 0.1) is 18.7 Å². The summed E-state index contributed by atoms with van der Waals surface area (Å²) in [5.74, 6) is -2.82. The Balaban J connectivity index is 1.26. The molecular formula is C29H37N8O5+. The molecule has 0 aromatic heterocycles. The number of hydrogen-bond donors (Lipinski definition) is 8. The molecule has 42 heavy (non-hydrogen) atoms. The van der Waals surface area contributed by atoms with Crippen molar-refractivity contribution in [1.29, 1.82) is 0 Å². The monoisotopic (exact) mass is 577 g/mol. The van der Waals surface area contributed by atoms with Crippen LogP contribution in [0.25, 0.3) is 0 Å². The largest absolute Gasteiger partial charge is 0.492 e. The van der Waals surface area contributed by atoms with Gasteiger partial charge in [0.2, 0.25) is 5.79 Å². The molecule has 0 saturated carbocycles. The molecule has 2 aromatic rings. The van der Waals surface area contributed by atoms with Crippen LogP contribution in [0.3, 0.4) is 0 Å². The highest BCUT2D eigenvalue weighted by Gasteiger charge is 2.76. The maximum atomic E-state index is 13.6. The van der Waals surface area contributed by atoms with E-state index in [1.54, 1.807) is 30.3 Å². The molecular weight excluding hydrogens is 540 g/mol. The maximum Gasteiger partial charge on any atom is 0.343 e. The van der Waals surface area contributed by atoms with Gasteiger partial charge in [-0.3, -0.25) is 25.2 Å². The topological polar surface area (TPSA) is 202 Å². The van der Waals surface area contributed by atoms with Gasteiger partial charge in [-0.15, -0.1) is 0 Å². The van der Waals surface area contributed by atoms with E-state index in [4.69, 9.17) is 16.2 Å². The summed E-state index contributed by atoms with van der Waals surface area (Å²) < 4.78 is 5.91. The van der Waals surface area contributed by atoms with Gasteiger partial charge in [-0.05, 0) is 37.0 Å². The standard InChI is InChI=1S/C29H36N8O5/c1-15-6-4-7-16(12-15)23(38)32-13-19-22-28(36-25(30)35-22)29(40,41)20(14-37(28)26(31)33-19)34-24(39)17-8-5-9-18-21(17)42-11-10-27(18,2)3/h4-9,12,19-20,22,40-41H,10-11,13-14H2,1-3H3,(H2,31,33)(H,32,38)(H,34,39)(H3,30,35,36)/p+1/t19-,20?,22-,28?/m0/s1. The Kier molecular flexibility index (Phi) is 6.35. The summed E-state index contributed by atoms with van der Waals surface area (Å²) in [7, 11) is 0. The minimum absolute atomic E-state index is 0.0106. The Hall–Kier alpha value is -4.36. The Morgan fingerprint density at radius 3 is 2.71 bits per heavy atom. The first-order valence-electron chi connectivity index (χ1n) is 14.0.